The van der Waals surface area contributed by atoms with Crippen molar-refractivity contribution in [2.45, 2.75) is 56.3 Å². The number of benzene rings is 1. The average molecular weight is 478 g/mol. The number of hydrogen-bond donors (Lipinski definition) is 6. The molecule has 1 fully saturated rings. The van der Waals surface area contributed by atoms with Crippen LogP contribution < -0.4 is 22.1 Å². The van der Waals surface area contributed by atoms with Gasteiger partial charge in [-0.25, -0.2) is 4.79 Å². The number of nitrogens with two attached hydrogens (primary N) is 2. The predicted molar refractivity (Wildman–Crippen MR) is 120 cm³/mol. The lowest BCUT2D eigenvalue weighted by Crippen LogP contribution is -2.58. The first-order chi connectivity index (χ1) is 16.1. The van der Waals surface area contributed by atoms with Gasteiger partial charge in [-0.3, -0.25) is 19.2 Å². The molecule has 1 aliphatic rings. The summed E-state index contributed by atoms with van der Waals surface area (Å²) in [5.41, 5.74) is 11.5. The first-order valence-corrected chi connectivity index (χ1v) is 11.0. The number of carbonyl (C=O) groups is 5. The summed E-state index contributed by atoms with van der Waals surface area (Å²) in [4.78, 5) is 62.0. The molecule has 1 aliphatic heterocycles. The zero-order chi connectivity index (χ0) is 25.3. The van der Waals surface area contributed by atoms with Crippen LogP contribution in [-0.2, 0) is 30.4 Å². The minimum atomic E-state index is -1.41. The van der Waals surface area contributed by atoms with Crippen molar-refractivity contribution >= 4 is 29.6 Å². The second-order valence-corrected chi connectivity index (χ2v) is 8.13. The van der Waals surface area contributed by atoms with E-state index in [4.69, 9.17) is 11.5 Å². The van der Waals surface area contributed by atoms with Gasteiger partial charge in [0.2, 0.25) is 23.6 Å². The minimum absolute atomic E-state index is 0.0401. The van der Waals surface area contributed by atoms with Gasteiger partial charge in [0.05, 0.1) is 12.6 Å². The number of carboxylic acid groups (broad SMARTS) is 1. The van der Waals surface area contributed by atoms with Crippen molar-refractivity contribution in [3.63, 3.8) is 0 Å². The van der Waals surface area contributed by atoms with Crippen LogP contribution in [-0.4, -0.2) is 82.0 Å². The van der Waals surface area contributed by atoms with Gasteiger partial charge >= 0.3 is 5.97 Å². The summed E-state index contributed by atoms with van der Waals surface area (Å²) >= 11 is 0. The second-order valence-electron chi connectivity index (χ2n) is 8.13. The van der Waals surface area contributed by atoms with Gasteiger partial charge in [-0.2, -0.15) is 0 Å². The van der Waals surface area contributed by atoms with Crippen LogP contribution in [0.3, 0.4) is 0 Å². The third-order valence-electron chi connectivity index (χ3n) is 5.57. The molecule has 4 unspecified atom stereocenters. The van der Waals surface area contributed by atoms with Crippen molar-refractivity contribution in [1.82, 2.24) is 15.5 Å². The van der Waals surface area contributed by atoms with Crippen LogP contribution in [0.4, 0.5) is 0 Å². The molecule has 8 N–H and O–H groups in total. The van der Waals surface area contributed by atoms with Crippen LogP contribution in [0.1, 0.15) is 31.2 Å². The molecule has 186 valence electrons. The highest BCUT2D eigenvalue weighted by molar-refractivity contribution is 5.94. The fourth-order valence-corrected chi connectivity index (χ4v) is 3.71. The number of hydrogen-bond acceptors (Lipinski definition) is 7. The zero-order valence-electron chi connectivity index (χ0n) is 18.7. The summed E-state index contributed by atoms with van der Waals surface area (Å²) < 4.78 is 0. The van der Waals surface area contributed by atoms with Gasteiger partial charge in [0.25, 0.3) is 0 Å². The van der Waals surface area contributed by atoms with Crippen LogP contribution in [0.2, 0.25) is 0 Å². The lowest BCUT2D eigenvalue weighted by molar-refractivity contribution is -0.149. The summed E-state index contributed by atoms with van der Waals surface area (Å²) in [6.45, 7) is -0.528. The fraction of sp³-hybridized carbons (Fsp3) is 0.500. The first-order valence-electron chi connectivity index (χ1n) is 11.0. The van der Waals surface area contributed by atoms with Gasteiger partial charge in [-0.05, 0) is 24.8 Å². The smallest absolute Gasteiger partial charge is 0.326 e. The fourth-order valence-electron chi connectivity index (χ4n) is 3.71. The molecule has 1 aromatic carbocycles. The molecule has 34 heavy (non-hydrogen) atoms. The van der Waals surface area contributed by atoms with Crippen molar-refractivity contribution in [2.75, 3.05) is 13.2 Å². The van der Waals surface area contributed by atoms with E-state index in [-0.39, 0.29) is 25.8 Å². The molecule has 12 heteroatoms. The standard InChI is InChI=1S/C22H31N5O7/c23-14(8-9-18(24)29)19(30)26-16(12-28)20(31)25-15(11-13-5-2-1-3-6-13)21(32)27-10-4-7-17(27)22(33)34/h1-3,5-6,14-17,28H,4,7-12,23H2,(H2,24,29)(H,25,31)(H,26,30)(H,33,34). The molecule has 0 radical (unpaired) electrons. The molecular formula is C22H31N5O7. The summed E-state index contributed by atoms with van der Waals surface area (Å²) in [6.07, 6.45) is 0.748. The second kappa shape index (κ2) is 12.7. The quantitative estimate of drug-likeness (QED) is 0.195. The molecular weight excluding hydrogens is 446 g/mol. The number of aliphatic hydroxyl groups is 1. The van der Waals surface area contributed by atoms with Crippen LogP contribution in [0.25, 0.3) is 0 Å². The number of nitrogens with zero attached hydrogens (tertiary/aromatic N) is 1. The van der Waals surface area contributed by atoms with Crippen LogP contribution in [0.5, 0.6) is 0 Å². The Morgan fingerprint density at radius 2 is 1.71 bits per heavy atom. The Bertz CT molecular complexity index is 895. The Labute approximate surface area is 196 Å². The van der Waals surface area contributed by atoms with Crippen LogP contribution >= 0.6 is 0 Å². The lowest BCUT2D eigenvalue weighted by Gasteiger charge is -2.28. The molecule has 1 saturated heterocycles. The predicted octanol–water partition coefficient (Wildman–Crippen LogP) is -2.14. The van der Waals surface area contributed by atoms with Gasteiger partial charge in [0.15, 0.2) is 0 Å². The molecule has 4 atom stereocenters. The maximum absolute atomic E-state index is 13.2. The number of nitrogens with one attached hydrogen (secondary N) is 2. The summed E-state index contributed by atoms with van der Waals surface area (Å²) in [5.74, 6) is -3.93. The van der Waals surface area contributed by atoms with E-state index in [9.17, 15) is 34.2 Å². The molecule has 12 nitrogen and oxygen atoms in total. The molecule has 0 spiro atoms. The van der Waals surface area contributed by atoms with Crippen molar-refractivity contribution in [1.29, 1.82) is 0 Å². The number of rotatable bonds is 12. The Balaban J connectivity index is 2.14. The van der Waals surface area contributed by atoms with Crippen molar-refractivity contribution in [2.24, 2.45) is 11.5 Å². The number of carboxylic acids is 1. The average Bonchev–Trinajstić information content (AvgIpc) is 3.30. The van der Waals surface area contributed by atoms with E-state index in [1.807, 2.05) is 0 Å². The molecule has 1 aromatic rings. The first kappa shape index (κ1) is 26.7. The van der Waals surface area contributed by atoms with Crippen molar-refractivity contribution < 1.29 is 34.2 Å². The lowest BCUT2D eigenvalue weighted by atomic mass is 10.0. The summed E-state index contributed by atoms with van der Waals surface area (Å²) in [6, 6.07) is 4.19. The topological polar surface area (TPSA) is 205 Å². The van der Waals surface area contributed by atoms with Gasteiger partial charge < -0.3 is 37.2 Å². The minimum Gasteiger partial charge on any atom is -0.480 e. The normalized spacial score (nSPS) is 17.9. The number of aliphatic hydroxyl groups excluding tert-OH is 1. The van der Waals surface area contributed by atoms with Crippen molar-refractivity contribution in [3.8, 4) is 0 Å². The SMILES string of the molecule is NC(=O)CCC(N)C(=O)NC(CO)C(=O)NC(Cc1ccccc1)C(=O)N1CCCC1C(=O)O. The number of amides is 4. The summed E-state index contributed by atoms with van der Waals surface area (Å²) in [5, 5.41) is 23.9. The molecule has 0 aliphatic carbocycles. The molecule has 0 aromatic heterocycles. The molecule has 2 rings (SSSR count). The van der Waals surface area contributed by atoms with Gasteiger partial charge in [0.1, 0.15) is 18.1 Å². The Morgan fingerprint density at radius 1 is 1.06 bits per heavy atom. The monoisotopic (exact) mass is 477 g/mol. The number of carbonyl (C=O) groups excluding carboxylic acids is 4. The molecule has 4 amide bonds. The van der Waals surface area contributed by atoms with E-state index in [0.29, 0.717) is 12.8 Å². The molecule has 0 saturated carbocycles. The van der Waals surface area contributed by atoms with E-state index in [0.717, 1.165) is 5.56 Å². The van der Waals surface area contributed by atoms with Crippen LogP contribution in [0, 0.1) is 0 Å². The largest absolute Gasteiger partial charge is 0.480 e. The van der Waals surface area contributed by atoms with E-state index in [2.05, 4.69) is 10.6 Å². The number of likely N-dealkylation sites (tertiary alicyclic amines) is 1. The molecule has 1 heterocycles. The zero-order valence-corrected chi connectivity index (χ0v) is 18.7. The Morgan fingerprint density at radius 3 is 2.29 bits per heavy atom. The number of aliphatic carboxylic acids is 1. The van der Waals surface area contributed by atoms with Crippen molar-refractivity contribution in [3.05, 3.63) is 35.9 Å². The molecule has 0 bridgehead atoms. The van der Waals surface area contributed by atoms with Crippen LogP contribution in [0.15, 0.2) is 30.3 Å². The summed E-state index contributed by atoms with van der Waals surface area (Å²) in [7, 11) is 0. The van der Waals surface area contributed by atoms with E-state index in [1.54, 1.807) is 30.3 Å². The highest BCUT2D eigenvalue weighted by Crippen LogP contribution is 2.19. The highest BCUT2D eigenvalue weighted by Gasteiger charge is 2.38. The van der Waals surface area contributed by atoms with Gasteiger partial charge in [-0.15, -0.1) is 0 Å². The Kier molecular flexibility index (Phi) is 9.95. The van der Waals surface area contributed by atoms with Gasteiger partial charge in [-0.1, -0.05) is 30.3 Å². The third kappa shape index (κ3) is 7.52. The number of primary amides is 1. The van der Waals surface area contributed by atoms with E-state index in [1.165, 1.54) is 4.90 Å². The van der Waals surface area contributed by atoms with Gasteiger partial charge in [0, 0.05) is 19.4 Å². The maximum Gasteiger partial charge on any atom is 0.326 e. The van der Waals surface area contributed by atoms with E-state index >= 15 is 0 Å². The highest BCUT2D eigenvalue weighted by atomic mass is 16.4. The van der Waals surface area contributed by atoms with E-state index < -0.39 is 60.4 Å². The maximum atomic E-state index is 13.2. The Hall–Kier alpha value is -3.51. The third-order valence-corrected chi connectivity index (χ3v) is 5.57.